The molecule has 0 aliphatic heterocycles. The molecule has 2 atom stereocenters. The van der Waals surface area contributed by atoms with Gasteiger partial charge in [0.1, 0.15) is 0 Å². The highest BCUT2D eigenvalue weighted by atomic mass is 19.2. The Morgan fingerprint density at radius 2 is 1.89 bits per heavy atom. The second-order valence-electron chi connectivity index (χ2n) is 4.96. The fourth-order valence-corrected chi connectivity index (χ4v) is 2.13. The van der Waals surface area contributed by atoms with Crippen LogP contribution in [0.2, 0.25) is 0 Å². The third-order valence-corrected chi connectivity index (χ3v) is 3.34. The van der Waals surface area contributed by atoms with Crippen molar-refractivity contribution >= 4 is 0 Å². The summed E-state index contributed by atoms with van der Waals surface area (Å²) in [6, 6.07) is 4.50. The van der Waals surface area contributed by atoms with Gasteiger partial charge in [0.25, 0.3) is 0 Å². The van der Waals surface area contributed by atoms with Crippen molar-refractivity contribution in [2.24, 2.45) is 5.92 Å². The summed E-state index contributed by atoms with van der Waals surface area (Å²) < 4.78 is 26.0. The van der Waals surface area contributed by atoms with Crippen LogP contribution in [-0.4, -0.2) is 12.6 Å². The molecule has 0 bridgehead atoms. The lowest BCUT2D eigenvalue weighted by molar-refractivity contribution is 0.396. The van der Waals surface area contributed by atoms with Crippen LogP contribution < -0.4 is 5.32 Å². The molecule has 1 aromatic carbocycles. The van der Waals surface area contributed by atoms with Gasteiger partial charge in [-0.1, -0.05) is 33.3 Å². The molecule has 3 heteroatoms. The van der Waals surface area contributed by atoms with Gasteiger partial charge in [-0.2, -0.15) is 0 Å². The zero-order valence-corrected chi connectivity index (χ0v) is 11.5. The average molecular weight is 255 g/mol. The Bertz CT molecular complexity index is 366. The highest BCUT2D eigenvalue weighted by Crippen LogP contribution is 2.16. The van der Waals surface area contributed by atoms with E-state index in [2.05, 4.69) is 26.1 Å². The quantitative estimate of drug-likeness (QED) is 0.778. The number of benzene rings is 1. The average Bonchev–Trinajstić information content (AvgIpc) is 2.34. The molecule has 0 aromatic heterocycles. The minimum absolute atomic E-state index is 0.329. The lowest BCUT2D eigenvalue weighted by Gasteiger charge is -2.21. The molecular weight excluding hydrogens is 232 g/mol. The summed E-state index contributed by atoms with van der Waals surface area (Å²) >= 11 is 0. The van der Waals surface area contributed by atoms with Crippen LogP contribution in [0.5, 0.6) is 0 Å². The van der Waals surface area contributed by atoms with Gasteiger partial charge < -0.3 is 5.32 Å². The summed E-state index contributed by atoms with van der Waals surface area (Å²) in [7, 11) is 0. The summed E-state index contributed by atoms with van der Waals surface area (Å²) in [4.78, 5) is 0. The molecule has 1 rings (SSSR count). The van der Waals surface area contributed by atoms with E-state index in [1.54, 1.807) is 6.07 Å². The van der Waals surface area contributed by atoms with Gasteiger partial charge in [-0.05, 0) is 43.0 Å². The Morgan fingerprint density at radius 3 is 2.44 bits per heavy atom. The van der Waals surface area contributed by atoms with Crippen LogP contribution in [-0.2, 0) is 6.42 Å². The highest BCUT2D eigenvalue weighted by Gasteiger charge is 2.13. The van der Waals surface area contributed by atoms with E-state index in [0.717, 1.165) is 31.4 Å². The van der Waals surface area contributed by atoms with Crippen molar-refractivity contribution in [3.8, 4) is 0 Å². The summed E-state index contributed by atoms with van der Waals surface area (Å²) in [5.41, 5.74) is 0.850. The van der Waals surface area contributed by atoms with E-state index in [9.17, 15) is 8.78 Å². The number of hydrogen-bond donors (Lipinski definition) is 1. The summed E-state index contributed by atoms with van der Waals surface area (Å²) in [6.07, 6.45) is 2.94. The minimum Gasteiger partial charge on any atom is -0.314 e. The molecule has 0 radical (unpaired) electrons. The maximum atomic E-state index is 13.1. The van der Waals surface area contributed by atoms with Crippen molar-refractivity contribution in [1.29, 1.82) is 0 Å². The standard InChI is InChI=1S/C15H23F2N/c1-4-11(3)8-13(18-5-2)9-12-6-7-14(16)15(17)10-12/h6-7,10-11,13,18H,4-5,8-9H2,1-3H3. The Kier molecular flexibility index (Phi) is 6.27. The van der Waals surface area contributed by atoms with E-state index in [0.29, 0.717) is 12.0 Å². The molecule has 0 spiro atoms. The molecule has 0 saturated heterocycles. The Balaban J connectivity index is 2.66. The molecule has 2 unspecified atom stereocenters. The Morgan fingerprint density at radius 1 is 1.17 bits per heavy atom. The van der Waals surface area contributed by atoms with Crippen molar-refractivity contribution < 1.29 is 8.78 Å². The van der Waals surface area contributed by atoms with E-state index < -0.39 is 11.6 Å². The molecule has 0 saturated carbocycles. The molecule has 0 aliphatic carbocycles. The van der Waals surface area contributed by atoms with Crippen molar-refractivity contribution in [1.82, 2.24) is 5.32 Å². The normalized spacial score (nSPS) is 14.5. The third-order valence-electron chi connectivity index (χ3n) is 3.34. The van der Waals surface area contributed by atoms with E-state index >= 15 is 0 Å². The first-order valence-corrected chi connectivity index (χ1v) is 6.74. The van der Waals surface area contributed by atoms with Crippen molar-refractivity contribution in [3.63, 3.8) is 0 Å². The number of hydrogen-bond acceptors (Lipinski definition) is 1. The summed E-state index contributed by atoms with van der Waals surface area (Å²) in [6.45, 7) is 7.35. The van der Waals surface area contributed by atoms with Crippen LogP contribution in [0, 0.1) is 17.6 Å². The zero-order chi connectivity index (χ0) is 13.5. The predicted molar refractivity (Wildman–Crippen MR) is 71.6 cm³/mol. The maximum Gasteiger partial charge on any atom is 0.159 e. The van der Waals surface area contributed by atoms with Crippen LogP contribution in [0.15, 0.2) is 18.2 Å². The molecule has 18 heavy (non-hydrogen) atoms. The van der Waals surface area contributed by atoms with Crippen LogP contribution in [0.1, 0.15) is 39.2 Å². The highest BCUT2D eigenvalue weighted by molar-refractivity contribution is 5.18. The van der Waals surface area contributed by atoms with Crippen LogP contribution in [0.4, 0.5) is 8.78 Å². The first kappa shape index (κ1) is 15.1. The molecule has 1 N–H and O–H groups in total. The van der Waals surface area contributed by atoms with Crippen LogP contribution in [0.25, 0.3) is 0 Å². The van der Waals surface area contributed by atoms with Crippen molar-refractivity contribution in [2.75, 3.05) is 6.54 Å². The van der Waals surface area contributed by atoms with E-state index in [4.69, 9.17) is 0 Å². The fourth-order valence-electron chi connectivity index (χ4n) is 2.13. The van der Waals surface area contributed by atoms with E-state index in [1.807, 2.05) is 0 Å². The maximum absolute atomic E-state index is 13.1. The summed E-state index contributed by atoms with van der Waals surface area (Å²) in [5.74, 6) is -0.897. The second-order valence-corrected chi connectivity index (χ2v) is 4.96. The molecule has 102 valence electrons. The molecule has 0 fully saturated rings. The van der Waals surface area contributed by atoms with Gasteiger partial charge in [-0.3, -0.25) is 0 Å². The number of likely N-dealkylation sites (N-methyl/N-ethyl adjacent to an activating group) is 1. The summed E-state index contributed by atoms with van der Waals surface area (Å²) in [5, 5.41) is 3.41. The van der Waals surface area contributed by atoms with Gasteiger partial charge in [0, 0.05) is 6.04 Å². The van der Waals surface area contributed by atoms with Crippen LogP contribution in [0.3, 0.4) is 0 Å². The van der Waals surface area contributed by atoms with Gasteiger partial charge >= 0.3 is 0 Å². The van der Waals surface area contributed by atoms with Crippen molar-refractivity contribution in [2.45, 2.75) is 46.1 Å². The molecule has 1 nitrogen and oxygen atoms in total. The van der Waals surface area contributed by atoms with Gasteiger partial charge in [-0.15, -0.1) is 0 Å². The van der Waals surface area contributed by atoms with E-state index in [-0.39, 0.29) is 0 Å². The fraction of sp³-hybridized carbons (Fsp3) is 0.600. The predicted octanol–water partition coefficient (Wildman–Crippen LogP) is 3.92. The van der Waals surface area contributed by atoms with Crippen LogP contribution >= 0.6 is 0 Å². The largest absolute Gasteiger partial charge is 0.314 e. The monoisotopic (exact) mass is 255 g/mol. The number of halogens is 2. The Hall–Kier alpha value is -0.960. The topological polar surface area (TPSA) is 12.0 Å². The van der Waals surface area contributed by atoms with Gasteiger partial charge in [0.05, 0.1) is 0 Å². The third kappa shape index (κ3) is 4.73. The molecule has 0 heterocycles. The van der Waals surface area contributed by atoms with Gasteiger partial charge in [-0.25, -0.2) is 8.78 Å². The number of rotatable bonds is 7. The van der Waals surface area contributed by atoms with Crippen molar-refractivity contribution in [3.05, 3.63) is 35.4 Å². The Labute approximate surface area is 109 Å². The van der Waals surface area contributed by atoms with Gasteiger partial charge in [0.15, 0.2) is 11.6 Å². The zero-order valence-electron chi connectivity index (χ0n) is 11.5. The first-order chi connectivity index (χ1) is 8.56. The second kappa shape index (κ2) is 7.47. The minimum atomic E-state index is -0.777. The molecular formula is C15H23F2N. The smallest absolute Gasteiger partial charge is 0.159 e. The van der Waals surface area contributed by atoms with E-state index in [1.165, 1.54) is 12.1 Å². The molecule has 0 amide bonds. The lowest BCUT2D eigenvalue weighted by atomic mass is 9.94. The lowest BCUT2D eigenvalue weighted by Crippen LogP contribution is -2.32. The first-order valence-electron chi connectivity index (χ1n) is 6.74. The molecule has 1 aromatic rings. The molecule has 0 aliphatic rings. The van der Waals surface area contributed by atoms with Gasteiger partial charge in [0.2, 0.25) is 0 Å². The number of nitrogens with one attached hydrogen (secondary N) is 1. The SMILES string of the molecule is CCNC(Cc1ccc(F)c(F)c1)CC(C)CC.